The Hall–Kier alpha value is -0.490. The van der Waals surface area contributed by atoms with Crippen molar-refractivity contribution in [3.8, 4) is 0 Å². The lowest BCUT2D eigenvalue weighted by Crippen LogP contribution is -2.36. The summed E-state index contributed by atoms with van der Waals surface area (Å²) in [5.74, 6) is 0. The molecule has 1 fully saturated rings. The Morgan fingerprint density at radius 2 is 2.38 bits per heavy atom. The van der Waals surface area contributed by atoms with Gasteiger partial charge in [-0.05, 0) is 24.6 Å². The molecule has 0 radical (unpaired) electrons. The predicted molar refractivity (Wildman–Crippen MR) is 68.6 cm³/mol. The van der Waals surface area contributed by atoms with Crippen LogP contribution in [0.3, 0.4) is 0 Å². The Bertz CT molecular complexity index is 534. The number of rotatable bonds is 1. The number of hydrogen-bond acceptors (Lipinski definition) is 4. The minimum Gasteiger partial charge on any atom is -0.379 e. The monoisotopic (exact) mass is 298 g/mol. The molecule has 1 unspecified atom stereocenters. The number of aromatic nitrogens is 1. The molecule has 1 aliphatic heterocycles. The zero-order valence-electron chi connectivity index (χ0n) is 8.57. The summed E-state index contributed by atoms with van der Waals surface area (Å²) in [4.78, 5) is 4.60. The summed E-state index contributed by atoms with van der Waals surface area (Å²) in [7, 11) is 0. The number of hydrogen-bond donors (Lipinski definition) is 1. The molecule has 1 saturated heterocycles. The van der Waals surface area contributed by atoms with E-state index in [1.54, 1.807) is 11.3 Å². The highest BCUT2D eigenvalue weighted by Gasteiger charge is 2.35. The van der Waals surface area contributed by atoms with Gasteiger partial charge in [-0.25, -0.2) is 4.98 Å². The molecule has 16 heavy (non-hydrogen) atoms. The molecule has 1 aromatic carbocycles. The van der Waals surface area contributed by atoms with Gasteiger partial charge in [-0.3, -0.25) is 0 Å². The zero-order valence-corrected chi connectivity index (χ0v) is 11.0. The molecular formula is C11H11BrN2OS. The lowest BCUT2D eigenvalue weighted by Gasteiger charge is -2.17. The van der Waals surface area contributed by atoms with Crippen LogP contribution in [-0.4, -0.2) is 18.2 Å². The Morgan fingerprint density at radius 3 is 3.12 bits per heavy atom. The fourth-order valence-electron chi connectivity index (χ4n) is 1.86. The summed E-state index contributed by atoms with van der Waals surface area (Å²) in [5.41, 5.74) is 6.93. The lowest BCUT2D eigenvalue weighted by atomic mass is 10.0. The van der Waals surface area contributed by atoms with Crippen LogP contribution in [-0.2, 0) is 10.3 Å². The van der Waals surface area contributed by atoms with E-state index < -0.39 is 0 Å². The summed E-state index contributed by atoms with van der Waals surface area (Å²) >= 11 is 5.12. The first-order valence-electron chi connectivity index (χ1n) is 5.11. The quantitative estimate of drug-likeness (QED) is 0.880. The van der Waals surface area contributed by atoms with E-state index >= 15 is 0 Å². The van der Waals surface area contributed by atoms with Crippen LogP contribution < -0.4 is 5.73 Å². The maximum absolute atomic E-state index is 6.29. The van der Waals surface area contributed by atoms with Crippen molar-refractivity contribution in [1.29, 1.82) is 0 Å². The summed E-state index contributed by atoms with van der Waals surface area (Å²) in [6.07, 6.45) is 0.855. The third kappa shape index (κ3) is 1.68. The van der Waals surface area contributed by atoms with E-state index in [4.69, 9.17) is 10.5 Å². The summed E-state index contributed by atoms with van der Waals surface area (Å²) in [6, 6.07) is 6.09. The van der Waals surface area contributed by atoms with E-state index in [1.165, 1.54) is 4.70 Å². The molecule has 0 saturated carbocycles. The molecule has 0 bridgehead atoms. The highest BCUT2D eigenvalue weighted by Crippen LogP contribution is 2.34. The fraction of sp³-hybridized carbons (Fsp3) is 0.364. The van der Waals surface area contributed by atoms with Crippen LogP contribution in [0.25, 0.3) is 10.2 Å². The topological polar surface area (TPSA) is 48.1 Å². The second-order valence-corrected chi connectivity index (χ2v) is 6.04. The van der Waals surface area contributed by atoms with Crippen molar-refractivity contribution in [1.82, 2.24) is 4.98 Å². The highest BCUT2D eigenvalue weighted by molar-refractivity contribution is 9.10. The Kier molecular flexibility index (Phi) is 2.51. The van der Waals surface area contributed by atoms with Gasteiger partial charge in [-0.15, -0.1) is 11.3 Å². The van der Waals surface area contributed by atoms with Gasteiger partial charge >= 0.3 is 0 Å². The molecule has 1 atom stereocenters. The van der Waals surface area contributed by atoms with E-state index in [0.29, 0.717) is 6.61 Å². The first-order chi connectivity index (χ1) is 7.67. The average molecular weight is 299 g/mol. The average Bonchev–Trinajstić information content (AvgIpc) is 2.84. The van der Waals surface area contributed by atoms with E-state index in [-0.39, 0.29) is 5.54 Å². The molecule has 2 heterocycles. The Balaban J connectivity index is 2.11. The van der Waals surface area contributed by atoms with Crippen molar-refractivity contribution < 1.29 is 4.74 Å². The molecule has 0 aliphatic carbocycles. The molecule has 2 N–H and O–H groups in total. The third-order valence-corrected chi connectivity index (χ3v) is 4.56. The molecule has 84 valence electrons. The minimum absolute atomic E-state index is 0.379. The van der Waals surface area contributed by atoms with Gasteiger partial charge < -0.3 is 10.5 Å². The number of halogens is 1. The van der Waals surface area contributed by atoms with Gasteiger partial charge in [-0.1, -0.05) is 15.9 Å². The first kappa shape index (κ1) is 10.7. The van der Waals surface area contributed by atoms with Crippen LogP contribution in [0.5, 0.6) is 0 Å². The van der Waals surface area contributed by atoms with E-state index in [1.807, 2.05) is 12.1 Å². The number of nitrogens with two attached hydrogens (primary N) is 1. The number of fused-ring (bicyclic) bond motifs is 1. The molecule has 3 nitrogen and oxygen atoms in total. The smallest absolute Gasteiger partial charge is 0.116 e. The van der Waals surface area contributed by atoms with Gasteiger partial charge in [0, 0.05) is 11.1 Å². The van der Waals surface area contributed by atoms with Crippen molar-refractivity contribution >= 4 is 37.5 Å². The molecule has 3 rings (SSSR count). The predicted octanol–water partition coefficient (Wildman–Crippen LogP) is 2.63. The van der Waals surface area contributed by atoms with Crippen molar-refractivity contribution in [2.75, 3.05) is 13.2 Å². The maximum Gasteiger partial charge on any atom is 0.116 e. The molecule has 0 amide bonds. The molecule has 0 spiro atoms. The molecule has 1 aliphatic rings. The highest BCUT2D eigenvalue weighted by atomic mass is 79.9. The van der Waals surface area contributed by atoms with Gasteiger partial charge in [0.2, 0.25) is 0 Å². The standard InChI is InChI=1S/C11H11BrN2OS/c12-7-1-2-8-9(5-7)16-10(14-8)11(13)3-4-15-6-11/h1-2,5H,3-4,6,13H2. The van der Waals surface area contributed by atoms with Gasteiger partial charge in [0.05, 0.1) is 22.4 Å². The first-order valence-corrected chi connectivity index (χ1v) is 6.72. The van der Waals surface area contributed by atoms with Crippen LogP contribution in [0.15, 0.2) is 22.7 Å². The second-order valence-electron chi connectivity index (χ2n) is 4.09. The van der Waals surface area contributed by atoms with Gasteiger partial charge in [0.1, 0.15) is 5.01 Å². The van der Waals surface area contributed by atoms with Crippen molar-refractivity contribution in [3.05, 3.63) is 27.7 Å². The van der Waals surface area contributed by atoms with Crippen molar-refractivity contribution in [3.63, 3.8) is 0 Å². The van der Waals surface area contributed by atoms with Crippen LogP contribution in [0.4, 0.5) is 0 Å². The number of thiazole rings is 1. The largest absolute Gasteiger partial charge is 0.379 e. The molecule has 2 aromatic rings. The fourth-order valence-corrected chi connectivity index (χ4v) is 3.49. The van der Waals surface area contributed by atoms with Crippen molar-refractivity contribution in [2.24, 2.45) is 5.73 Å². The third-order valence-electron chi connectivity index (χ3n) is 2.83. The summed E-state index contributed by atoms with van der Waals surface area (Å²) in [6.45, 7) is 1.31. The van der Waals surface area contributed by atoms with E-state index in [0.717, 1.165) is 28.0 Å². The van der Waals surface area contributed by atoms with Crippen molar-refractivity contribution in [2.45, 2.75) is 12.0 Å². The zero-order chi connectivity index (χ0) is 11.2. The number of ether oxygens (including phenoxy) is 1. The Morgan fingerprint density at radius 1 is 1.50 bits per heavy atom. The molecule has 5 heteroatoms. The van der Waals surface area contributed by atoms with Crippen LogP contribution in [0.1, 0.15) is 11.4 Å². The van der Waals surface area contributed by atoms with Crippen LogP contribution in [0.2, 0.25) is 0 Å². The van der Waals surface area contributed by atoms with Gasteiger partial charge in [0.15, 0.2) is 0 Å². The maximum atomic E-state index is 6.29. The number of benzene rings is 1. The SMILES string of the molecule is NC1(c2nc3ccc(Br)cc3s2)CCOC1. The normalized spacial score (nSPS) is 25.4. The molecule has 1 aromatic heterocycles. The summed E-state index contributed by atoms with van der Waals surface area (Å²) in [5, 5.41) is 0.984. The minimum atomic E-state index is -0.379. The Labute approximate surface area is 106 Å². The molecular weight excluding hydrogens is 288 g/mol. The van der Waals surface area contributed by atoms with Crippen LogP contribution in [0, 0.1) is 0 Å². The number of nitrogens with zero attached hydrogens (tertiary/aromatic N) is 1. The van der Waals surface area contributed by atoms with Crippen LogP contribution >= 0.6 is 27.3 Å². The summed E-state index contributed by atoms with van der Waals surface area (Å²) < 4.78 is 7.61. The van der Waals surface area contributed by atoms with Gasteiger partial charge in [-0.2, -0.15) is 0 Å². The lowest BCUT2D eigenvalue weighted by molar-refractivity contribution is 0.178. The van der Waals surface area contributed by atoms with Gasteiger partial charge in [0.25, 0.3) is 0 Å². The van der Waals surface area contributed by atoms with E-state index in [9.17, 15) is 0 Å². The van der Waals surface area contributed by atoms with E-state index in [2.05, 4.69) is 27.0 Å². The second kappa shape index (κ2) is 3.77.